The van der Waals surface area contributed by atoms with Gasteiger partial charge in [0.1, 0.15) is 15.9 Å². The average molecular weight is 477 g/mol. The highest BCUT2D eigenvalue weighted by atomic mass is 32.2. The molecule has 4 rings (SSSR count). The van der Waals surface area contributed by atoms with Crippen molar-refractivity contribution < 1.29 is 9.53 Å². The van der Waals surface area contributed by atoms with Crippen LogP contribution in [0, 0.1) is 11.3 Å². The molecule has 0 amide bonds. The lowest BCUT2D eigenvalue weighted by molar-refractivity contribution is 0.0531. The van der Waals surface area contributed by atoms with Gasteiger partial charge >= 0.3 is 5.97 Å². The first-order valence-corrected chi connectivity index (χ1v) is 11.9. The van der Waals surface area contributed by atoms with E-state index in [4.69, 9.17) is 10.5 Å². The standard InChI is InChI=1S/C23H20N6O2S2/c1-2-31-22(30)19-18(17(11-24)20(25)33-19)14-32-23-28-27-21(16-9-6-10-26-12-16)29(23)13-15-7-4-3-5-8-15/h3-10,12H,2,13-14,25H2,1H3. The van der Waals surface area contributed by atoms with Gasteiger partial charge in [0.25, 0.3) is 0 Å². The molecule has 1 aromatic carbocycles. The van der Waals surface area contributed by atoms with Gasteiger partial charge in [-0.25, -0.2) is 4.79 Å². The number of nitrogens with zero attached hydrogens (tertiary/aromatic N) is 5. The molecule has 10 heteroatoms. The summed E-state index contributed by atoms with van der Waals surface area (Å²) >= 11 is 2.46. The summed E-state index contributed by atoms with van der Waals surface area (Å²) in [6, 6.07) is 15.9. The van der Waals surface area contributed by atoms with Crippen LogP contribution in [0.25, 0.3) is 11.4 Å². The molecule has 0 aliphatic carbocycles. The van der Waals surface area contributed by atoms with Crippen molar-refractivity contribution >= 4 is 34.1 Å². The summed E-state index contributed by atoms with van der Waals surface area (Å²) in [5.74, 6) is 0.531. The summed E-state index contributed by atoms with van der Waals surface area (Å²) in [4.78, 5) is 17.0. The maximum Gasteiger partial charge on any atom is 0.348 e. The maximum absolute atomic E-state index is 12.4. The van der Waals surface area contributed by atoms with Crippen molar-refractivity contribution in [2.24, 2.45) is 0 Å². The summed E-state index contributed by atoms with van der Waals surface area (Å²) < 4.78 is 7.16. The van der Waals surface area contributed by atoms with Crippen LogP contribution in [0.15, 0.2) is 60.0 Å². The zero-order valence-corrected chi connectivity index (χ0v) is 19.4. The molecule has 0 bridgehead atoms. The monoisotopic (exact) mass is 476 g/mol. The van der Waals surface area contributed by atoms with Crippen molar-refractivity contribution in [3.8, 4) is 17.5 Å². The van der Waals surface area contributed by atoms with Crippen molar-refractivity contribution in [2.45, 2.75) is 24.4 Å². The second-order valence-electron chi connectivity index (χ2n) is 6.89. The Kier molecular flexibility index (Phi) is 7.02. The predicted molar refractivity (Wildman–Crippen MR) is 128 cm³/mol. The smallest absolute Gasteiger partial charge is 0.348 e. The molecule has 0 aliphatic heterocycles. The number of esters is 1. The first-order chi connectivity index (χ1) is 16.1. The molecular weight excluding hydrogens is 456 g/mol. The Bertz CT molecular complexity index is 1300. The van der Waals surface area contributed by atoms with Crippen molar-refractivity contribution in [3.63, 3.8) is 0 Å². The molecule has 3 heterocycles. The summed E-state index contributed by atoms with van der Waals surface area (Å²) in [6.07, 6.45) is 3.45. The van der Waals surface area contributed by atoms with Crippen molar-refractivity contribution in [3.05, 3.63) is 76.4 Å². The van der Waals surface area contributed by atoms with E-state index in [-0.39, 0.29) is 6.61 Å². The molecule has 0 fully saturated rings. The van der Waals surface area contributed by atoms with E-state index in [1.165, 1.54) is 11.8 Å². The number of thioether (sulfide) groups is 1. The molecule has 3 aromatic heterocycles. The van der Waals surface area contributed by atoms with Gasteiger partial charge in [-0.1, -0.05) is 42.1 Å². The minimum absolute atomic E-state index is 0.241. The predicted octanol–water partition coefficient (Wildman–Crippen LogP) is 4.37. The van der Waals surface area contributed by atoms with Gasteiger partial charge in [0.05, 0.1) is 18.7 Å². The van der Waals surface area contributed by atoms with E-state index >= 15 is 0 Å². The highest BCUT2D eigenvalue weighted by molar-refractivity contribution is 7.98. The number of carbonyl (C=O) groups is 1. The van der Waals surface area contributed by atoms with Gasteiger partial charge in [0.2, 0.25) is 0 Å². The number of pyridine rings is 1. The first kappa shape index (κ1) is 22.5. The lowest BCUT2D eigenvalue weighted by Gasteiger charge is -2.11. The van der Waals surface area contributed by atoms with Crippen LogP contribution >= 0.6 is 23.1 Å². The number of hydrogen-bond donors (Lipinski definition) is 1. The molecule has 0 spiro atoms. The van der Waals surface area contributed by atoms with Crippen LogP contribution in [0.1, 0.15) is 33.3 Å². The van der Waals surface area contributed by atoms with Crippen LogP contribution in [0.4, 0.5) is 5.00 Å². The van der Waals surface area contributed by atoms with Gasteiger partial charge in [-0.2, -0.15) is 5.26 Å². The van der Waals surface area contributed by atoms with E-state index < -0.39 is 5.97 Å². The number of nitrogen functional groups attached to an aromatic ring is 1. The number of carbonyl (C=O) groups excluding carboxylic acids is 1. The molecule has 0 saturated heterocycles. The van der Waals surface area contributed by atoms with Crippen molar-refractivity contribution in [1.82, 2.24) is 19.7 Å². The van der Waals surface area contributed by atoms with Crippen LogP contribution in [-0.2, 0) is 17.0 Å². The largest absolute Gasteiger partial charge is 0.462 e. The van der Waals surface area contributed by atoms with E-state index in [1.807, 2.05) is 47.0 Å². The first-order valence-electron chi connectivity index (χ1n) is 10.1. The van der Waals surface area contributed by atoms with Crippen LogP contribution < -0.4 is 5.73 Å². The van der Waals surface area contributed by atoms with Crippen LogP contribution in [0.5, 0.6) is 0 Å². The Morgan fingerprint density at radius 2 is 2.06 bits per heavy atom. The molecule has 0 radical (unpaired) electrons. The zero-order valence-electron chi connectivity index (χ0n) is 17.8. The fourth-order valence-corrected chi connectivity index (χ4v) is 5.25. The quantitative estimate of drug-likeness (QED) is 0.294. The summed E-state index contributed by atoms with van der Waals surface area (Å²) in [5.41, 5.74) is 8.80. The second kappa shape index (κ2) is 10.3. The average Bonchev–Trinajstić information content (AvgIpc) is 3.38. The topological polar surface area (TPSA) is 120 Å². The number of hydrogen-bond acceptors (Lipinski definition) is 9. The fourth-order valence-electron chi connectivity index (χ4n) is 3.26. The van der Waals surface area contributed by atoms with Gasteiger partial charge in [0, 0.05) is 29.3 Å². The fraction of sp³-hybridized carbons (Fsp3) is 0.174. The van der Waals surface area contributed by atoms with Crippen LogP contribution in [-0.4, -0.2) is 32.3 Å². The van der Waals surface area contributed by atoms with E-state index in [0.717, 1.165) is 22.5 Å². The Labute approximate surface area is 199 Å². The van der Waals surface area contributed by atoms with Crippen molar-refractivity contribution in [1.29, 1.82) is 5.26 Å². The number of aromatic nitrogens is 4. The Morgan fingerprint density at radius 1 is 1.24 bits per heavy atom. The minimum Gasteiger partial charge on any atom is -0.462 e. The number of rotatable bonds is 8. The molecule has 0 saturated carbocycles. The van der Waals surface area contributed by atoms with E-state index in [0.29, 0.717) is 44.3 Å². The lowest BCUT2D eigenvalue weighted by Crippen LogP contribution is -2.06. The third-order valence-electron chi connectivity index (χ3n) is 4.77. The van der Waals surface area contributed by atoms with E-state index in [9.17, 15) is 10.1 Å². The molecule has 2 N–H and O–H groups in total. The number of nitrogens with two attached hydrogens (primary N) is 1. The summed E-state index contributed by atoms with van der Waals surface area (Å²) in [7, 11) is 0. The van der Waals surface area contributed by atoms with Crippen LogP contribution in [0.2, 0.25) is 0 Å². The minimum atomic E-state index is -0.479. The number of benzene rings is 1. The van der Waals surface area contributed by atoms with Gasteiger partial charge in [-0.15, -0.1) is 21.5 Å². The third kappa shape index (κ3) is 4.89. The Hall–Kier alpha value is -3.68. The molecule has 0 atom stereocenters. The van der Waals surface area contributed by atoms with Crippen LogP contribution in [0.3, 0.4) is 0 Å². The van der Waals surface area contributed by atoms with Gasteiger partial charge in [-0.05, 0) is 24.6 Å². The number of nitriles is 1. The highest BCUT2D eigenvalue weighted by Gasteiger charge is 2.24. The SMILES string of the molecule is CCOC(=O)c1sc(N)c(C#N)c1CSc1nnc(-c2cccnc2)n1Cc1ccccc1. The van der Waals surface area contributed by atoms with E-state index in [2.05, 4.69) is 21.3 Å². The number of ether oxygens (including phenoxy) is 1. The molecule has 33 heavy (non-hydrogen) atoms. The number of anilines is 1. The van der Waals surface area contributed by atoms with Crippen molar-refractivity contribution in [2.75, 3.05) is 12.3 Å². The van der Waals surface area contributed by atoms with E-state index in [1.54, 1.807) is 19.3 Å². The Morgan fingerprint density at radius 3 is 2.76 bits per heavy atom. The lowest BCUT2D eigenvalue weighted by atomic mass is 10.2. The maximum atomic E-state index is 12.4. The number of thiophene rings is 1. The second-order valence-corrected chi connectivity index (χ2v) is 8.88. The van der Waals surface area contributed by atoms with Gasteiger partial charge < -0.3 is 10.5 Å². The normalized spacial score (nSPS) is 10.7. The molecule has 4 aromatic rings. The van der Waals surface area contributed by atoms with Gasteiger partial charge in [-0.3, -0.25) is 9.55 Å². The molecule has 166 valence electrons. The summed E-state index contributed by atoms with van der Waals surface area (Å²) in [6.45, 7) is 2.54. The molecule has 8 nitrogen and oxygen atoms in total. The highest BCUT2D eigenvalue weighted by Crippen LogP contribution is 2.36. The molecule has 0 unspecified atom stereocenters. The third-order valence-corrected chi connectivity index (χ3v) is 6.81. The molecular formula is C23H20N6O2S2. The summed E-state index contributed by atoms with van der Waals surface area (Å²) in [5, 5.41) is 19.4. The Balaban J connectivity index is 1.69. The van der Waals surface area contributed by atoms with Gasteiger partial charge in [0.15, 0.2) is 11.0 Å². The zero-order chi connectivity index (χ0) is 23.2. The molecule has 0 aliphatic rings.